The molecule has 0 amide bonds. The van der Waals surface area contributed by atoms with Crippen molar-refractivity contribution in [3.63, 3.8) is 0 Å². The molecule has 3 heterocycles. The maximum Gasteiger partial charge on any atom is 0.167 e. The summed E-state index contributed by atoms with van der Waals surface area (Å²) in [5.41, 5.74) is 1.28. The maximum absolute atomic E-state index is 9.77. The van der Waals surface area contributed by atoms with Gasteiger partial charge in [-0.15, -0.1) is 0 Å². The van der Waals surface area contributed by atoms with E-state index in [1.165, 1.54) is 6.33 Å². The Balaban J connectivity index is 1.98. The Morgan fingerprint density at radius 2 is 2.32 bits per heavy atom. The van der Waals surface area contributed by atoms with E-state index >= 15 is 0 Å². The molecular formula is C11H15N5O3. The summed E-state index contributed by atoms with van der Waals surface area (Å²) < 4.78 is 7.34. The fraction of sp³-hybridized carbons (Fsp3) is 0.545. The molecule has 1 aliphatic heterocycles. The summed E-state index contributed by atoms with van der Waals surface area (Å²) in [6, 6.07) is 0. The first-order valence-electron chi connectivity index (χ1n) is 6.04. The van der Waals surface area contributed by atoms with Gasteiger partial charge in [-0.25, -0.2) is 15.0 Å². The Morgan fingerprint density at radius 3 is 3.00 bits per heavy atom. The Hall–Kier alpha value is -1.77. The monoisotopic (exact) mass is 270 g/mol. The van der Waals surface area contributed by atoms with E-state index in [9.17, 15) is 5.11 Å². The molecule has 0 radical (unpaired) electrons. The fourth-order valence-corrected chi connectivity index (χ4v) is 2.30. The molecular weight excluding hydrogens is 255 g/mol. The minimum atomic E-state index is -0.682. The van der Waals surface area contributed by atoms with Crippen LogP contribution in [0.2, 0.25) is 0 Å². The number of ether oxygens (including phenoxy) is 1. The molecule has 1 fully saturated rings. The van der Waals surface area contributed by atoms with Crippen LogP contribution < -0.4 is 5.32 Å². The zero-order valence-corrected chi connectivity index (χ0v) is 10.4. The van der Waals surface area contributed by atoms with Gasteiger partial charge in [-0.05, 0) is 0 Å². The number of aliphatic hydroxyl groups is 2. The van der Waals surface area contributed by atoms with Crippen LogP contribution in [-0.2, 0) is 4.74 Å². The third-order valence-corrected chi connectivity index (χ3v) is 3.29. The molecule has 3 N–H and O–H groups in total. The van der Waals surface area contributed by atoms with Crippen LogP contribution in [0.1, 0.15) is 12.6 Å². The zero-order chi connectivity index (χ0) is 13.4. The number of nitrogens with zero attached hydrogens (tertiary/aromatic N) is 4. The molecule has 0 unspecified atom stereocenters. The summed E-state index contributed by atoms with van der Waals surface area (Å²) in [4.78, 5) is 12.5. The van der Waals surface area contributed by atoms with Gasteiger partial charge in [0.25, 0.3) is 0 Å². The van der Waals surface area contributed by atoms with Crippen molar-refractivity contribution in [2.24, 2.45) is 0 Å². The van der Waals surface area contributed by atoms with Gasteiger partial charge in [-0.1, -0.05) is 0 Å². The largest absolute Gasteiger partial charge is 0.394 e. The van der Waals surface area contributed by atoms with E-state index in [4.69, 9.17) is 9.84 Å². The molecule has 3 rings (SSSR count). The summed E-state index contributed by atoms with van der Waals surface area (Å²) in [6.45, 7) is -0.207. The number of nitrogens with one attached hydrogen (secondary N) is 1. The molecule has 8 nitrogen and oxygen atoms in total. The highest BCUT2D eigenvalue weighted by Crippen LogP contribution is 2.31. The van der Waals surface area contributed by atoms with Crippen LogP contribution in [0.25, 0.3) is 11.2 Å². The van der Waals surface area contributed by atoms with Crippen LogP contribution in [0.3, 0.4) is 0 Å². The smallest absolute Gasteiger partial charge is 0.167 e. The molecule has 19 heavy (non-hydrogen) atoms. The summed E-state index contributed by atoms with van der Waals surface area (Å²) in [7, 11) is 1.76. The summed E-state index contributed by atoms with van der Waals surface area (Å²) in [5.74, 6) is 0.640. The van der Waals surface area contributed by atoms with Crippen LogP contribution in [0, 0.1) is 0 Å². The lowest BCUT2D eigenvalue weighted by molar-refractivity contribution is -0.0432. The zero-order valence-electron chi connectivity index (χ0n) is 10.4. The summed E-state index contributed by atoms with van der Waals surface area (Å²) >= 11 is 0. The number of aromatic nitrogens is 4. The van der Waals surface area contributed by atoms with Gasteiger partial charge < -0.3 is 20.3 Å². The lowest BCUT2D eigenvalue weighted by atomic mass is 10.2. The van der Waals surface area contributed by atoms with Crippen LogP contribution in [0.4, 0.5) is 5.82 Å². The lowest BCUT2D eigenvalue weighted by Gasteiger charge is -2.13. The third kappa shape index (κ3) is 1.93. The molecule has 0 aromatic carbocycles. The molecule has 102 valence electrons. The molecule has 2 aromatic heterocycles. The van der Waals surface area contributed by atoms with Crippen molar-refractivity contribution in [1.29, 1.82) is 0 Å². The van der Waals surface area contributed by atoms with Crippen molar-refractivity contribution >= 4 is 17.0 Å². The fourth-order valence-electron chi connectivity index (χ4n) is 2.30. The van der Waals surface area contributed by atoms with Crippen molar-refractivity contribution in [1.82, 2.24) is 19.5 Å². The second-order valence-corrected chi connectivity index (χ2v) is 4.41. The van der Waals surface area contributed by atoms with Gasteiger partial charge in [0, 0.05) is 13.5 Å². The lowest BCUT2D eigenvalue weighted by Crippen LogP contribution is -2.24. The van der Waals surface area contributed by atoms with Gasteiger partial charge in [0.1, 0.15) is 24.2 Å². The molecule has 2 aromatic rings. The third-order valence-electron chi connectivity index (χ3n) is 3.29. The van der Waals surface area contributed by atoms with Crippen LogP contribution in [0.15, 0.2) is 12.7 Å². The topological polar surface area (TPSA) is 105 Å². The number of fused-ring (bicyclic) bond motifs is 1. The van der Waals surface area contributed by atoms with Crippen molar-refractivity contribution in [2.75, 3.05) is 19.0 Å². The highest BCUT2D eigenvalue weighted by molar-refractivity contribution is 5.82. The first-order chi connectivity index (χ1) is 9.24. The van der Waals surface area contributed by atoms with E-state index in [0.717, 1.165) is 0 Å². The number of hydrogen-bond acceptors (Lipinski definition) is 7. The maximum atomic E-state index is 9.77. The molecule has 1 aliphatic rings. The van der Waals surface area contributed by atoms with Gasteiger partial charge in [0.15, 0.2) is 11.5 Å². The second-order valence-electron chi connectivity index (χ2n) is 4.41. The van der Waals surface area contributed by atoms with Gasteiger partial charge in [0.05, 0.1) is 19.0 Å². The Labute approximate surface area is 109 Å². The van der Waals surface area contributed by atoms with E-state index in [2.05, 4.69) is 20.3 Å². The summed E-state index contributed by atoms with van der Waals surface area (Å²) in [6.07, 6.45) is 1.83. The SMILES string of the molecule is C[15NH]c1[15n]c[15n]c2c1[15n]c[15n]2[C@H]1C[C@H](O)[C@@H](CO)O1. The highest BCUT2D eigenvalue weighted by Gasteiger charge is 2.35. The Morgan fingerprint density at radius 1 is 1.47 bits per heavy atom. The Bertz CT molecular complexity index is 587. The summed E-state index contributed by atoms with van der Waals surface area (Å²) in [5, 5.41) is 21.8. The number of aliphatic hydroxyl groups excluding tert-OH is 2. The number of hydrogen-bond donors (Lipinski definition) is 3. The van der Waals surface area contributed by atoms with E-state index < -0.39 is 12.2 Å². The van der Waals surface area contributed by atoms with Crippen LogP contribution in [-0.4, -0.2) is 55.6 Å². The molecule has 0 saturated carbocycles. The van der Waals surface area contributed by atoms with E-state index in [1.807, 2.05) is 0 Å². The number of imidazole rings is 1. The van der Waals surface area contributed by atoms with Crippen molar-refractivity contribution in [2.45, 2.75) is 24.9 Å². The highest BCUT2D eigenvalue weighted by atomic mass is 16.6. The predicted molar refractivity (Wildman–Crippen MR) is 66.5 cm³/mol. The van der Waals surface area contributed by atoms with Gasteiger partial charge in [-0.2, -0.15) is 0 Å². The van der Waals surface area contributed by atoms with Gasteiger partial charge in [-0.3, -0.25) is 4.57 Å². The standard InChI is InChI=1S/C11H15N5O3/c1-12-10-9-11(14-4-13-10)16(5-15-9)8-2-6(18)7(3-17)19-8/h4-8,17-18H,2-3H2,1H3,(H,12,13,14)/t6-,7+,8+/m0/s1/i12+1,13+1,14+1,15+1,16+1. The average molecular weight is 270 g/mol. The van der Waals surface area contributed by atoms with Crippen molar-refractivity contribution in [3.05, 3.63) is 12.7 Å². The minimum absolute atomic E-state index is 0.207. The first-order valence-corrected chi connectivity index (χ1v) is 6.04. The van der Waals surface area contributed by atoms with Gasteiger partial charge in [0.2, 0.25) is 0 Å². The van der Waals surface area contributed by atoms with Gasteiger partial charge >= 0.3 is 0 Å². The van der Waals surface area contributed by atoms with Crippen molar-refractivity contribution in [3.8, 4) is 0 Å². The quantitative estimate of drug-likeness (QED) is 0.646. The first kappa shape index (κ1) is 12.3. The van der Waals surface area contributed by atoms with Crippen molar-refractivity contribution < 1.29 is 14.9 Å². The normalized spacial score (nSPS) is 27.0. The number of anilines is 1. The minimum Gasteiger partial charge on any atom is -0.394 e. The Kier molecular flexibility index (Phi) is 3.05. The molecule has 0 bridgehead atoms. The van der Waals surface area contributed by atoms with E-state index in [1.54, 1.807) is 17.9 Å². The molecule has 3 atom stereocenters. The molecule has 0 spiro atoms. The van der Waals surface area contributed by atoms with E-state index in [-0.39, 0.29) is 12.8 Å². The van der Waals surface area contributed by atoms with Crippen LogP contribution >= 0.6 is 0 Å². The molecule has 0 aliphatic carbocycles. The number of rotatable bonds is 3. The molecule has 8 heteroatoms. The molecule has 1 saturated heterocycles. The second kappa shape index (κ2) is 4.72. The van der Waals surface area contributed by atoms with Crippen LogP contribution in [0.5, 0.6) is 0 Å². The predicted octanol–water partition coefficient (Wildman–Crippen LogP) is -0.491. The average Bonchev–Trinajstić information content (AvgIpc) is 3.01. The van der Waals surface area contributed by atoms with E-state index in [0.29, 0.717) is 23.4 Å².